The highest BCUT2D eigenvalue weighted by Gasteiger charge is 2.44. The number of hydrogen-bond donors (Lipinski definition) is 3. The second-order valence-corrected chi connectivity index (χ2v) is 8.66. The predicted octanol–water partition coefficient (Wildman–Crippen LogP) is 3.59. The first kappa shape index (κ1) is 22.5. The van der Waals surface area contributed by atoms with Crippen molar-refractivity contribution in [2.75, 3.05) is 20.7 Å². The van der Waals surface area contributed by atoms with Gasteiger partial charge in [-0.1, -0.05) is 18.2 Å². The molecule has 1 fully saturated rings. The molecule has 1 aliphatic carbocycles. The minimum atomic E-state index is -0.297. The third kappa shape index (κ3) is 4.21. The van der Waals surface area contributed by atoms with Gasteiger partial charge in [-0.15, -0.1) is 0 Å². The summed E-state index contributed by atoms with van der Waals surface area (Å²) in [5.41, 5.74) is 3.69. The molecule has 3 N–H and O–H groups in total. The molecule has 2 amide bonds. The summed E-state index contributed by atoms with van der Waals surface area (Å²) in [7, 11) is 3.02. The van der Waals surface area contributed by atoms with Crippen LogP contribution in [0.4, 0.5) is 4.39 Å². The van der Waals surface area contributed by atoms with Gasteiger partial charge in [0.25, 0.3) is 11.8 Å². The van der Waals surface area contributed by atoms with Crippen LogP contribution in [0.5, 0.6) is 5.88 Å². The molecule has 35 heavy (non-hydrogen) atoms. The minimum absolute atomic E-state index is 0.171. The summed E-state index contributed by atoms with van der Waals surface area (Å²) < 4.78 is 18.7. The van der Waals surface area contributed by atoms with Crippen LogP contribution in [0.15, 0.2) is 54.7 Å². The maximum Gasteiger partial charge on any atom is 0.272 e. The lowest BCUT2D eigenvalue weighted by atomic mass is 9.95. The van der Waals surface area contributed by atoms with E-state index in [0.29, 0.717) is 34.3 Å². The third-order valence-electron chi connectivity index (χ3n) is 6.52. The van der Waals surface area contributed by atoms with Crippen molar-refractivity contribution in [1.29, 1.82) is 0 Å². The van der Waals surface area contributed by atoms with Gasteiger partial charge in [0.1, 0.15) is 11.4 Å². The number of halogens is 1. The smallest absolute Gasteiger partial charge is 0.272 e. The summed E-state index contributed by atoms with van der Waals surface area (Å²) in [5.74, 6) is -0.626. The Morgan fingerprint density at radius 3 is 2.54 bits per heavy atom. The van der Waals surface area contributed by atoms with Crippen LogP contribution in [0.3, 0.4) is 0 Å². The molecule has 2 aromatic carbocycles. The number of amides is 2. The number of rotatable bonds is 7. The maximum absolute atomic E-state index is 13.3. The highest BCUT2D eigenvalue weighted by Crippen LogP contribution is 2.47. The monoisotopic (exact) mass is 473 g/mol. The van der Waals surface area contributed by atoms with Crippen molar-refractivity contribution in [2.24, 2.45) is 0 Å². The second-order valence-electron chi connectivity index (χ2n) is 8.66. The number of carbonyl (C=O) groups excluding carboxylic acids is 2. The number of methoxy groups -OCH3 is 1. The van der Waals surface area contributed by atoms with E-state index >= 15 is 0 Å². The van der Waals surface area contributed by atoms with Crippen LogP contribution in [0.25, 0.3) is 22.0 Å². The van der Waals surface area contributed by atoms with Gasteiger partial charge >= 0.3 is 0 Å². The largest absolute Gasteiger partial charge is 0.480 e. The summed E-state index contributed by atoms with van der Waals surface area (Å²) >= 11 is 0. The average molecular weight is 474 g/mol. The van der Waals surface area contributed by atoms with Crippen LogP contribution in [0.2, 0.25) is 0 Å². The van der Waals surface area contributed by atoms with Crippen molar-refractivity contribution < 1.29 is 18.7 Å². The van der Waals surface area contributed by atoms with Gasteiger partial charge in [-0.2, -0.15) is 5.10 Å². The molecule has 0 spiro atoms. The molecule has 9 heteroatoms. The molecule has 178 valence electrons. The molecule has 0 saturated heterocycles. The van der Waals surface area contributed by atoms with E-state index < -0.39 is 0 Å². The Morgan fingerprint density at radius 2 is 1.86 bits per heavy atom. The maximum atomic E-state index is 13.3. The fourth-order valence-corrected chi connectivity index (χ4v) is 4.29. The highest BCUT2D eigenvalue weighted by molar-refractivity contribution is 6.05. The Morgan fingerprint density at radius 1 is 1.09 bits per heavy atom. The lowest BCUT2D eigenvalue weighted by molar-refractivity contribution is 0.0942. The molecule has 1 aliphatic rings. The van der Waals surface area contributed by atoms with Gasteiger partial charge in [0, 0.05) is 36.2 Å². The molecular weight excluding hydrogens is 449 g/mol. The quantitative estimate of drug-likeness (QED) is 0.380. The van der Waals surface area contributed by atoms with Crippen molar-refractivity contribution in [2.45, 2.75) is 18.3 Å². The topological polar surface area (TPSA) is 109 Å². The third-order valence-corrected chi connectivity index (χ3v) is 6.52. The lowest BCUT2D eigenvalue weighted by Gasteiger charge is -2.17. The highest BCUT2D eigenvalue weighted by atomic mass is 19.1. The second kappa shape index (κ2) is 8.83. The minimum Gasteiger partial charge on any atom is -0.480 e. The zero-order chi connectivity index (χ0) is 24.6. The van der Waals surface area contributed by atoms with Gasteiger partial charge in [-0.3, -0.25) is 14.7 Å². The number of carbonyl (C=O) groups is 2. The van der Waals surface area contributed by atoms with Crippen molar-refractivity contribution in [1.82, 2.24) is 25.8 Å². The summed E-state index contributed by atoms with van der Waals surface area (Å²) in [6, 6.07) is 13.7. The number of aromatic nitrogens is 3. The first-order valence-corrected chi connectivity index (χ1v) is 11.2. The van der Waals surface area contributed by atoms with Gasteiger partial charge in [-0.25, -0.2) is 9.37 Å². The fourth-order valence-electron chi connectivity index (χ4n) is 4.29. The number of nitrogens with one attached hydrogen (secondary N) is 3. The average Bonchev–Trinajstić information content (AvgIpc) is 3.57. The molecule has 2 aromatic heterocycles. The van der Waals surface area contributed by atoms with E-state index in [1.165, 1.54) is 19.2 Å². The van der Waals surface area contributed by atoms with Crippen LogP contribution in [-0.4, -0.2) is 47.7 Å². The first-order valence-electron chi connectivity index (χ1n) is 11.2. The fraction of sp³-hybridized carbons (Fsp3) is 0.231. The van der Waals surface area contributed by atoms with Crippen LogP contribution in [0, 0.1) is 5.82 Å². The van der Waals surface area contributed by atoms with Gasteiger partial charge < -0.3 is 15.4 Å². The number of aromatic amines is 1. The van der Waals surface area contributed by atoms with Crippen molar-refractivity contribution in [3.05, 3.63) is 77.4 Å². The van der Waals surface area contributed by atoms with Crippen molar-refractivity contribution >= 4 is 22.7 Å². The molecule has 0 unspecified atom stereocenters. The molecule has 2 heterocycles. The predicted molar refractivity (Wildman–Crippen MR) is 129 cm³/mol. The Kier molecular flexibility index (Phi) is 5.68. The molecule has 0 aliphatic heterocycles. The summed E-state index contributed by atoms with van der Waals surface area (Å²) in [5, 5.41) is 13.3. The zero-order valence-electron chi connectivity index (χ0n) is 19.3. The van der Waals surface area contributed by atoms with Gasteiger partial charge in [0.15, 0.2) is 5.69 Å². The van der Waals surface area contributed by atoms with Crippen molar-refractivity contribution in [3.63, 3.8) is 0 Å². The summed E-state index contributed by atoms with van der Waals surface area (Å²) in [4.78, 5) is 29.5. The van der Waals surface area contributed by atoms with Crippen molar-refractivity contribution in [3.8, 4) is 17.0 Å². The Bertz CT molecular complexity index is 1430. The number of H-pyrrole nitrogens is 1. The Labute approximate surface area is 200 Å². The zero-order valence-corrected chi connectivity index (χ0v) is 19.3. The van der Waals surface area contributed by atoms with Gasteiger partial charge in [-0.05, 0) is 54.3 Å². The van der Waals surface area contributed by atoms with Gasteiger partial charge in [0.2, 0.25) is 5.88 Å². The van der Waals surface area contributed by atoms with Crippen LogP contribution in [0.1, 0.15) is 39.3 Å². The lowest BCUT2D eigenvalue weighted by Crippen LogP contribution is -2.32. The molecular formula is C26H24FN5O3. The van der Waals surface area contributed by atoms with Crippen LogP contribution < -0.4 is 15.4 Å². The number of fused-ring (bicyclic) bond motifs is 1. The SMILES string of the molecule is CNC(=O)c1n[nH]c2cc(-c3cnc(OC)c(C(=O)NCC4(c5ccc(F)cc5)CC4)c3)ccc12. The summed E-state index contributed by atoms with van der Waals surface area (Å²) in [6.45, 7) is 0.438. The summed E-state index contributed by atoms with van der Waals surface area (Å²) in [6.07, 6.45) is 3.49. The van der Waals surface area contributed by atoms with E-state index in [9.17, 15) is 14.0 Å². The molecule has 5 rings (SSSR count). The van der Waals surface area contributed by atoms with E-state index in [1.54, 1.807) is 31.4 Å². The van der Waals surface area contributed by atoms with E-state index in [-0.39, 0.29) is 28.9 Å². The van der Waals surface area contributed by atoms with E-state index in [2.05, 4.69) is 25.8 Å². The Hall–Kier alpha value is -4.27. The normalized spacial score (nSPS) is 13.9. The van der Waals surface area contributed by atoms with Crippen LogP contribution in [-0.2, 0) is 5.41 Å². The van der Waals surface area contributed by atoms with E-state index in [4.69, 9.17) is 4.74 Å². The molecule has 0 radical (unpaired) electrons. The Balaban J connectivity index is 1.39. The van der Waals surface area contributed by atoms with E-state index in [0.717, 1.165) is 24.0 Å². The molecule has 0 bridgehead atoms. The number of pyridine rings is 1. The molecule has 4 aromatic rings. The number of benzene rings is 2. The van der Waals surface area contributed by atoms with Crippen LogP contribution >= 0.6 is 0 Å². The van der Waals surface area contributed by atoms with Gasteiger partial charge in [0.05, 0.1) is 12.6 Å². The first-order chi connectivity index (χ1) is 16.9. The molecule has 1 saturated carbocycles. The number of hydrogen-bond acceptors (Lipinski definition) is 5. The standard InChI is InChI=1S/C26H24FN5O3/c1-28-24(34)22-19-8-3-15(12-21(19)31-32-22)16-11-20(25(35-2)29-13-16)23(33)30-14-26(9-10-26)17-4-6-18(27)7-5-17/h3-8,11-13H,9-10,14H2,1-2H3,(H,28,34)(H,30,33)(H,31,32). The molecule has 8 nitrogen and oxygen atoms in total. The molecule has 0 atom stereocenters. The number of ether oxygens (including phenoxy) is 1. The number of nitrogens with zero attached hydrogens (tertiary/aromatic N) is 2. The van der Waals surface area contributed by atoms with E-state index in [1.807, 2.05) is 18.2 Å².